The van der Waals surface area contributed by atoms with Gasteiger partial charge in [0.25, 0.3) is 0 Å². The van der Waals surface area contributed by atoms with Crippen molar-refractivity contribution in [3.63, 3.8) is 0 Å². The van der Waals surface area contributed by atoms with Crippen LogP contribution in [0.4, 0.5) is 0 Å². The summed E-state index contributed by atoms with van der Waals surface area (Å²) in [4.78, 5) is 21.0. The molecule has 1 unspecified atom stereocenters. The van der Waals surface area contributed by atoms with Gasteiger partial charge in [-0.1, -0.05) is 63.2 Å². The quantitative estimate of drug-likeness (QED) is 0.262. The molecule has 0 aliphatic carbocycles. The molecule has 0 bridgehead atoms. The number of rotatable bonds is 9. The summed E-state index contributed by atoms with van der Waals surface area (Å²) in [5.41, 5.74) is 5.55. The van der Waals surface area contributed by atoms with Gasteiger partial charge in [0, 0.05) is 17.0 Å². The van der Waals surface area contributed by atoms with E-state index >= 15 is 0 Å². The fourth-order valence-corrected chi connectivity index (χ4v) is 4.18. The molecule has 0 fully saturated rings. The number of halogens is 1. The molecular weight excluding hydrogens is 430 g/mol. The fourth-order valence-electron chi connectivity index (χ4n) is 3.94. The summed E-state index contributed by atoms with van der Waals surface area (Å²) < 4.78 is 0. The number of nitrogens with zero attached hydrogens (tertiary/aromatic N) is 2. The van der Waals surface area contributed by atoms with Gasteiger partial charge in [-0.15, -0.1) is 0 Å². The molecule has 33 heavy (non-hydrogen) atoms. The largest absolute Gasteiger partial charge is 0.332 e. The van der Waals surface area contributed by atoms with E-state index < -0.39 is 0 Å². The van der Waals surface area contributed by atoms with Gasteiger partial charge in [-0.05, 0) is 67.0 Å². The smallest absolute Gasteiger partial charge is 0.188 e. The van der Waals surface area contributed by atoms with Crippen molar-refractivity contribution in [3.8, 4) is 17.3 Å². The third-order valence-electron chi connectivity index (χ3n) is 6.10. The lowest BCUT2D eigenvalue weighted by Crippen LogP contribution is -2.06. The third kappa shape index (κ3) is 5.61. The van der Waals surface area contributed by atoms with Crippen LogP contribution in [0.15, 0.2) is 54.6 Å². The van der Waals surface area contributed by atoms with E-state index in [9.17, 15) is 4.79 Å². The molecule has 1 atom stereocenters. The standard InChI is InChI=1S/C28H30ClN3O/c1-6-21(22-13-9-20(16-30)10-14-22)11-8-19(5)26(33)23-12-7-18(4)24(15-23)25-27(29)32-28(31-25)17(2)3/h7,9-10,12-15,17,21H,5-6,8,11H2,1-4H3,(H,31,32). The Morgan fingerprint density at radius 2 is 1.91 bits per heavy atom. The molecule has 2 aromatic carbocycles. The highest BCUT2D eigenvalue weighted by Gasteiger charge is 2.19. The van der Waals surface area contributed by atoms with Crippen LogP contribution in [0.5, 0.6) is 0 Å². The van der Waals surface area contributed by atoms with Crippen molar-refractivity contribution in [2.75, 3.05) is 0 Å². The topological polar surface area (TPSA) is 69.5 Å². The molecule has 1 N–H and O–H groups in total. The molecular formula is C28H30ClN3O. The van der Waals surface area contributed by atoms with Gasteiger partial charge in [-0.2, -0.15) is 5.26 Å². The second-order valence-electron chi connectivity index (χ2n) is 8.78. The number of aromatic nitrogens is 2. The molecule has 0 amide bonds. The summed E-state index contributed by atoms with van der Waals surface area (Å²) >= 11 is 6.43. The molecule has 4 nitrogen and oxygen atoms in total. The number of carbonyl (C=O) groups is 1. The molecule has 0 saturated carbocycles. The average molecular weight is 460 g/mol. The monoisotopic (exact) mass is 459 g/mol. The Balaban J connectivity index is 1.75. The van der Waals surface area contributed by atoms with Gasteiger partial charge in [0.15, 0.2) is 5.78 Å². The van der Waals surface area contributed by atoms with Crippen LogP contribution in [0, 0.1) is 18.3 Å². The lowest BCUT2D eigenvalue weighted by atomic mass is 9.88. The van der Waals surface area contributed by atoms with E-state index in [0.717, 1.165) is 29.8 Å². The number of allylic oxidation sites excluding steroid dienone is 1. The Labute approximate surface area is 201 Å². The van der Waals surface area contributed by atoms with Crippen molar-refractivity contribution in [3.05, 3.63) is 87.8 Å². The highest BCUT2D eigenvalue weighted by molar-refractivity contribution is 6.32. The number of aryl methyl sites for hydroxylation is 1. The number of ketones is 1. The number of carbonyl (C=O) groups excluding carboxylic acids is 1. The van der Waals surface area contributed by atoms with Crippen molar-refractivity contribution in [1.82, 2.24) is 9.97 Å². The van der Waals surface area contributed by atoms with Crippen LogP contribution in [0.1, 0.15) is 84.7 Å². The molecule has 1 heterocycles. The Kier molecular flexibility index (Phi) is 7.89. The van der Waals surface area contributed by atoms with Gasteiger partial charge in [-0.3, -0.25) is 4.79 Å². The van der Waals surface area contributed by atoms with Crippen molar-refractivity contribution in [2.45, 2.75) is 58.8 Å². The van der Waals surface area contributed by atoms with E-state index in [1.165, 1.54) is 5.56 Å². The minimum Gasteiger partial charge on any atom is -0.332 e. The Morgan fingerprint density at radius 3 is 2.48 bits per heavy atom. The maximum absolute atomic E-state index is 13.2. The third-order valence-corrected chi connectivity index (χ3v) is 6.37. The van der Waals surface area contributed by atoms with Gasteiger partial charge < -0.3 is 4.98 Å². The first-order valence-corrected chi connectivity index (χ1v) is 11.7. The number of H-pyrrole nitrogens is 1. The van der Waals surface area contributed by atoms with Gasteiger partial charge in [0.1, 0.15) is 16.7 Å². The summed E-state index contributed by atoms with van der Waals surface area (Å²) in [6.07, 6.45) is 2.40. The van der Waals surface area contributed by atoms with Crippen LogP contribution < -0.4 is 0 Å². The zero-order valence-electron chi connectivity index (χ0n) is 19.7. The van der Waals surface area contributed by atoms with Crippen LogP contribution in [0.2, 0.25) is 5.15 Å². The second kappa shape index (κ2) is 10.6. The zero-order chi connectivity index (χ0) is 24.1. The van der Waals surface area contributed by atoms with Crippen molar-refractivity contribution < 1.29 is 4.79 Å². The van der Waals surface area contributed by atoms with Crippen molar-refractivity contribution in [2.24, 2.45) is 0 Å². The first kappa shape index (κ1) is 24.5. The Bertz CT molecular complexity index is 1200. The van der Waals surface area contributed by atoms with E-state index in [-0.39, 0.29) is 11.7 Å². The summed E-state index contributed by atoms with van der Waals surface area (Å²) in [5.74, 6) is 1.31. The first-order valence-electron chi connectivity index (χ1n) is 11.3. The van der Waals surface area contributed by atoms with Crippen molar-refractivity contribution in [1.29, 1.82) is 5.26 Å². The predicted octanol–water partition coefficient (Wildman–Crippen LogP) is 7.75. The van der Waals surface area contributed by atoms with Gasteiger partial charge in [-0.25, -0.2) is 4.98 Å². The molecule has 3 rings (SSSR count). The highest BCUT2D eigenvalue weighted by atomic mass is 35.5. The molecule has 0 aliphatic heterocycles. The lowest BCUT2D eigenvalue weighted by Gasteiger charge is -2.16. The van der Waals surface area contributed by atoms with Gasteiger partial charge in [0.05, 0.1) is 11.6 Å². The summed E-state index contributed by atoms with van der Waals surface area (Å²) in [6.45, 7) is 12.3. The van der Waals surface area contributed by atoms with Crippen LogP contribution >= 0.6 is 11.6 Å². The Hall–Kier alpha value is -3.16. The maximum atomic E-state index is 13.2. The van der Waals surface area contributed by atoms with Gasteiger partial charge >= 0.3 is 0 Å². The van der Waals surface area contributed by atoms with E-state index in [4.69, 9.17) is 16.9 Å². The molecule has 0 radical (unpaired) electrons. The van der Waals surface area contributed by atoms with E-state index in [0.29, 0.717) is 39.9 Å². The molecule has 1 aromatic heterocycles. The Morgan fingerprint density at radius 1 is 1.21 bits per heavy atom. The van der Waals surface area contributed by atoms with Crippen LogP contribution in [0.3, 0.4) is 0 Å². The minimum absolute atomic E-state index is 0.0540. The predicted molar refractivity (Wildman–Crippen MR) is 135 cm³/mol. The summed E-state index contributed by atoms with van der Waals surface area (Å²) in [6, 6.07) is 15.5. The second-order valence-corrected chi connectivity index (χ2v) is 9.16. The fraction of sp³-hybridized carbons (Fsp3) is 0.321. The number of hydrogen-bond donors (Lipinski definition) is 1. The summed E-state index contributed by atoms with van der Waals surface area (Å²) in [5, 5.41) is 9.49. The molecule has 0 aliphatic rings. The van der Waals surface area contributed by atoms with Crippen LogP contribution in [-0.4, -0.2) is 15.8 Å². The molecule has 5 heteroatoms. The highest BCUT2D eigenvalue weighted by Crippen LogP contribution is 2.32. The normalized spacial score (nSPS) is 11.9. The number of Topliss-reactive ketones (excluding diaryl/α,β-unsaturated/α-hetero) is 1. The van der Waals surface area contributed by atoms with E-state index in [1.807, 2.05) is 49.4 Å². The number of nitrogens with one attached hydrogen (secondary N) is 1. The first-order chi connectivity index (χ1) is 15.7. The number of aromatic amines is 1. The van der Waals surface area contributed by atoms with E-state index in [2.05, 4.69) is 43.4 Å². The minimum atomic E-state index is -0.0540. The molecule has 0 saturated heterocycles. The SMILES string of the molecule is C=C(CCC(CC)c1ccc(C#N)cc1)C(=O)c1ccc(C)c(-c2nc(C(C)C)[nH]c2Cl)c1. The molecule has 0 spiro atoms. The average Bonchev–Trinajstić information content (AvgIpc) is 3.21. The van der Waals surface area contributed by atoms with Crippen LogP contribution in [-0.2, 0) is 0 Å². The molecule has 3 aromatic rings. The number of imidazole rings is 1. The van der Waals surface area contributed by atoms with Gasteiger partial charge in [0.2, 0.25) is 0 Å². The maximum Gasteiger partial charge on any atom is 0.188 e. The van der Waals surface area contributed by atoms with E-state index in [1.54, 1.807) is 0 Å². The lowest BCUT2D eigenvalue weighted by molar-refractivity contribution is 0.103. The summed E-state index contributed by atoms with van der Waals surface area (Å²) in [7, 11) is 0. The molecule has 170 valence electrons. The zero-order valence-corrected chi connectivity index (χ0v) is 20.5. The number of hydrogen-bond acceptors (Lipinski definition) is 3. The van der Waals surface area contributed by atoms with Crippen molar-refractivity contribution >= 4 is 17.4 Å². The van der Waals surface area contributed by atoms with Crippen LogP contribution in [0.25, 0.3) is 11.3 Å². The number of benzene rings is 2. The number of nitriles is 1.